The Bertz CT molecular complexity index is 308. The van der Waals surface area contributed by atoms with E-state index in [-0.39, 0.29) is 13.2 Å². The predicted octanol–water partition coefficient (Wildman–Crippen LogP) is -1.87. The lowest BCUT2D eigenvalue weighted by atomic mass is 9.80. The monoisotopic (exact) mass is 211 g/mol. The molecule has 6 heteroatoms. The second-order valence-corrected chi connectivity index (χ2v) is 3.22. The molecule has 0 bridgehead atoms. The van der Waals surface area contributed by atoms with E-state index in [2.05, 4.69) is 5.32 Å². The Morgan fingerprint density at radius 2 is 2.07 bits per heavy atom. The summed E-state index contributed by atoms with van der Waals surface area (Å²) in [6.07, 6.45) is -0.826. The van der Waals surface area contributed by atoms with E-state index in [0.29, 0.717) is 11.2 Å². The average Bonchev–Trinajstić information content (AvgIpc) is 2.26. The predicted molar refractivity (Wildman–Crippen MR) is 57.8 cm³/mol. The Morgan fingerprint density at radius 1 is 1.33 bits per heavy atom. The molecular weight excluding hydrogens is 197 g/mol. The van der Waals surface area contributed by atoms with Crippen molar-refractivity contribution in [3.8, 4) is 0 Å². The largest absolute Gasteiger partial charge is 0.488 e. The molecule has 0 amide bonds. The molecule has 5 nitrogen and oxygen atoms in total. The third-order valence-electron chi connectivity index (χ3n) is 1.94. The third-order valence-corrected chi connectivity index (χ3v) is 1.94. The van der Waals surface area contributed by atoms with Crippen LogP contribution in [0.1, 0.15) is 0 Å². The van der Waals surface area contributed by atoms with Crippen LogP contribution in [-0.2, 0) is 0 Å². The Hall–Kier alpha value is -1.08. The molecule has 0 aromatic heterocycles. The molecule has 0 spiro atoms. The molecule has 15 heavy (non-hydrogen) atoms. The molecular formula is C9H14BNO4. The summed E-state index contributed by atoms with van der Waals surface area (Å²) in [4.78, 5) is 0. The smallest absolute Gasteiger partial charge is 0.423 e. The van der Waals surface area contributed by atoms with Crippen LogP contribution in [-0.4, -0.2) is 46.6 Å². The van der Waals surface area contributed by atoms with E-state index in [1.165, 1.54) is 0 Å². The van der Waals surface area contributed by atoms with Crippen molar-refractivity contribution in [3.05, 3.63) is 24.3 Å². The van der Waals surface area contributed by atoms with Crippen molar-refractivity contribution in [1.29, 1.82) is 0 Å². The van der Waals surface area contributed by atoms with Crippen molar-refractivity contribution in [2.75, 3.05) is 18.5 Å². The first kappa shape index (κ1) is 12.0. The van der Waals surface area contributed by atoms with E-state index in [4.69, 9.17) is 20.3 Å². The Labute approximate surface area is 88.1 Å². The van der Waals surface area contributed by atoms with Gasteiger partial charge in [0.15, 0.2) is 0 Å². The van der Waals surface area contributed by atoms with E-state index in [0.717, 1.165) is 0 Å². The molecule has 0 aliphatic rings. The van der Waals surface area contributed by atoms with Crippen LogP contribution in [0.15, 0.2) is 24.3 Å². The van der Waals surface area contributed by atoms with Gasteiger partial charge < -0.3 is 25.6 Å². The van der Waals surface area contributed by atoms with Crippen LogP contribution in [0.5, 0.6) is 0 Å². The number of hydrogen-bond acceptors (Lipinski definition) is 5. The number of benzene rings is 1. The van der Waals surface area contributed by atoms with Crippen molar-refractivity contribution < 1.29 is 20.3 Å². The molecule has 0 radical (unpaired) electrons. The third kappa shape index (κ3) is 3.89. The summed E-state index contributed by atoms with van der Waals surface area (Å²) in [5, 5.41) is 38.4. The van der Waals surface area contributed by atoms with E-state index < -0.39 is 13.2 Å². The van der Waals surface area contributed by atoms with Gasteiger partial charge in [0.05, 0.1) is 12.7 Å². The zero-order valence-corrected chi connectivity index (χ0v) is 8.17. The Balaban J connectivity index is 2.58. The number of aliphatic hydroxyl groups is 2. The summed E-state index contributed by atoms with van der Waals surface area (Å²) < 4.78 is 0. The van der Waals surface area contributed by atoms with Gasteiger partial charge >= 0.3 is 7.12 Å². The molecule has 1 rings (SSSR count). The van der Waals surface area contributed by atoms with Gasteiger partial charge in [-0.2, -0.15) is 0 Å². The fourth-order valence-electron chi connectivity index (χ4n) is 1.11. The van der Waals surface area contributed by atoms with Crippen LogP contribution in [0, 0.1) is 0 Å². The maximum atomic E-state index is 9.09. The van der Waals surface area contributed by atoms with Crippen molar-refractivity contribution in [3.63, 3.8) is 0 Å². The quantitative estimate of drug-likeness (QED) is 0.368. The molecule has 0 saturated carbocycles. The summed E-state index contributed by atoms with van der Waals surface area (Å²) in [5.74, 6) is 0. The van der Waals surface area contributed by atoms with Gasteiger partial charge in [-0.15, -0.1) is 0 Å². The Morgan fingerprint density at radius 3 is 2.67 bits per heavy atom. The lowest BCUT2D eigenvalue weighted by Gasteiger charge is -2.11. The van der Waals surface area contributed by atoms with E-state index in [1.54, 1.807) is 24.3 Å². The van der Waals surface area contributed by atoms with Gasteiger partial charge in [0.2, 0.25) is 0 Å². The Kier molecular flexibility index (Phi) is 4.58. The van der Waals surface area contributed by atoms with Crippen LogP contribution < -0.4 is 10.8 Å². The number of aliphatic hydroxyl groups excluding tert-OH is 2. The van der Waals surface area contributed by atoms with Crippen molar-refractivity contribution in [2.45, 2.75) is 6.10 Å². The highest BCUT2D eigenvalue weighted by Crippen LogP contribution is 2.03. The van der Waals surface area contributed by atoms with E-state index in [9.17, 15) is 0 Å². The summed E-state index contributed by atoms with van der Waals surface area (Å²) in [5.41, 5.74) is 1.03. The highest BCUT2D eigenvalue weighted by molar-refractivity contribution is 6.58. The molecule has 1 atom stereocenters. The molecule has 1 aromatic carbocycles. The molecule has 0 saturated heterocycles. The first-order valence-electron chi connectivity index (χ1n) is 4.62. The fraction of sp³-hybridized carbons (Fsp3) is 0.333. The summed E-state index contributed by atoms with van der Waals surface area (Å²) in [7, 11) is -1.51. The minimum absolute atomic E-state index is 0.210. The maximum Gasteiger partial charge on any atom is 0.488 e. The lowest BCUT2D eigenvalue weighted by Crippen LogP contribution is -2.30. The minimum Gasteiger partial charge on any atom is -0.423 e. The van der Waals surface area contributed by atoms with Crippen molar-refractivity contribution in [2.24, 2.45) is 0 Å². The second-order valence-electron chi connectivity index (χ2n) is 3.22. The lowest BCUT2D eigenvalue weighted by molar-refractivity contribution is 0.105. The molecule has 1 unspecified atom stereocenters. The molecule has 0 heterocycles. The van der Waals surface area contributed by atoms with Crippen molar-refractivity contribution in [1.82, 2.24) is 0 Å². The molecule has 1 aromatic rings. The van der Waals surface area contributed by atoms with Gasteiger partial charge in [-0.05, 0) is 17.6 Å². The van der Waals surface area contributed by atoms with Gasteiger partial charge in [-0.3, -0.25) is 0 Å². The normalized spacial score (nSPS) is 12.3. The van der Waals surface area contributed by atoms with E-state index >= 15 is 0 Å². The molecule has 0 fully saturated rings. The highest BCUT2D eigenvalue weighted by atomic mass is 16.4. The SMILES string of the molecule is OCC(O)CNc1cccc(B(O)O)c1. The van der Waals surface area contributed by atoms with Gasteiger partial charge in [-0.25, -0.2) is 0 Å². The second kappa shape index (κ2) is 5.72. The maximum absolute atomic E-state index is 9.09. The van der Waals surface area contributed by atoms with Crippen molar-refractivity contribution >= 4 is 18.3 Å². The van der Waals surface area contributed by atoms with E-state index in [1.807, 2.05) is 0 Å². The van der Waals surface area contributed by atoms with Crippen LogP contribution >= 0.6 is 0 Å². The van der Waals surface area contributed by atoms with Crippen LogP contribution in [0.3, 0.4) is 0 Å². The van der Waals surface area contributed by atoms with Gasteiger partial charge in [0.25, 0.3) is 0 Å². The van der Waals surface area contributed by atoms with Gasteiger partial charge in [-0.1, -0.05) is 12.1 Å². The molecule has 5 N–H and O–H groups in total. The topological polar surface area (TPSA) is 93.0 Å². The first-order chi connectivity index (χ1) is 7.13. The standard InChI is InChI=1S/C9H14BNO4/c12-6-9(13)5-11-8-3-1-2-7(4-8)10(14)15/h1-4,9,11-15H,5-6H2. The average molecular weight is 211 g/mol. The van der Waals surface area contributed by atoms with Crippen LogP contribution in [0.25, 0.3) is 0 Å². The number of nitrogens with one attached hydrogen (secondary N) is 1. The summed E-state index contributed by atoms with van der Waals surface area (Å²) in [6.45, 7) is -0.100. The molecule has 0 aliphatic heterocycles. The summed E-state index contributed by atoms with van der Waals surface area (Å²) >= 11 is 0. The van der Waals surface area contributed by atoms with Crippen LogP contribution in [0.2, 0.25) is 0 Å². The summed E-state index contributed by atoms with van der Waals surface area (Å²) in [6, 6.07) is 6.55. The highest BCUT2D eigenvalue weighted by Gasteiger charge is 2.10. The van der Waals surface area contributed by atoms with Crippen LogP contribution in [0.4, 0.5) is 5.69 Å². The number of hydrogen-bond donors (Lipinski definition) is 5. The number of rotatable bonds is 5. The first-order valence-corrected chi connectivity index (χ1v) is 4.62. The zero-order valence-electron chi connectivity index (χ0n) is 8.17. The zero-order chi connectivity index (χ0) is 11.3. The molecule has 82 valence electrons. The van der Waals surface area contributed by atoms with Gasteiger partial charge in [0, 0.05) is 12.2 Å². The number of anilines is 1. The fourth-order valence-corrected chi connectivity index (χ4v) is 1.11. The molecule has 0 aliphatic carbocycles. The van der Waals surface area contributed by atoms with Gasteiger partial charge in [0.1, 0.15) is 0 Å². The minimum atomic E-state index is -1.51.